The molecule has 3 heterocycles. The van der Waals surface area contributed by atoms with E-state index in [1.54, 1.807) is 13.3 Å². The Hall–Kier alpha value is -4.27. The van der Waals surface area contributed by atoms with Crippen LogP contribution in [-0.2, 0) is 0 Å². The summed E-state index contributed by atoms with van der Waals surface area (Å²) in [5.41, 5.74) is 5.91. The fraction of sp³-hybridized carbons (Fsp3) is 0.296. The topological polar surface area (TPSA) is 103 Å². The molecule has 0 bridgehead atoms. The first kappa shape index (κ1) is 22.2. The van der Waals surface area contributed by atoms with Crippen molar-refractivity contribution in [2.45, 2.75) is 44.9 Å². The lowest BCUT2D eigenvalue weighted by Gasteiger charge is -2.25. The van der Waals surface area contributed by atoms with Gasteiger partial charge in [0.05, 0.1) is 24.6 Å². The van der Waals surface area contributed by atoms with E-state index in [-0.39, 0.29) is 0 Å². The van der Waals surface area contributed by atoms with Crippen LogP contribution in [0.5, 0.6) is 17.2 Å². The molecular formula is C27H27N7O2. The predicted molar refractivity (Wildman–Crippen MR) is 135 cm³/mol. The Balaban J connectivity index is 1.39. The third-order valence-corrected chi connectivity index (χ3v) is 6.93. The molecule has 1 aliphatic carbocycles. The Labute approximate surface area is 208 Å². The molecule has 0 unspecified atom stereocenters. The molecule has 1 aliphatic rings. The van der Waals surface area contributed by atoms with E-state index in [1.807, 2.05) is 48.0 Å². The summed E-state index contributed by atoms with van der Waals surface area (Å²) in [6.07, 6.45) is 9.73. The van der Waals surface area contributed by atoms with Crippen LogP contribution in [-0.4, -0.2) is 42.3 Å². The minimum absolute atomic E-state index is 0.410. The molecule has 1 N–H and O–H groups in total. The van der Waals surface area contributed by atoms with Gasteiger partial charge in [-0.1, -0.05) is 37.5 Å². The van der Waals surface area contributed by atoms with Crippen molar-refractivity contribution < 1.29 is 9.47 Å². The summed E-state index contributed by atoms with van der Waals surface area (Å²) in [6.45, 7) is 2.02. The second kappa shape index (κ2) is 9.41. The predicted octanol–water partition coefficient (Wildman–Crippen LogP) is 5.73. The Morgan fingerprint density at radius 1 is 0.944 bits per heavy atom. The Morgan fingerprint density at radius 2 is 1.75 bits per heavy atom. The normalized spacial score (nSPS) is 14.3. The highest BCUT2D eigenvalue weighted by molar-refractivity contribution is 5.75. The van der Waals surface area contributed by atoms with Crippen molar-refractivity contribution >= 4 is 5.65 Å². The van der Waals surface area contributed by atoms with Crippen LogP contribution < -0.4 is 9.47 Å². The first-order chi connectivity index (χ1) is 17.7. The average Bonchev–Trinajstić information content (AvgIpc) is 3.60. The van der Waals surface area contributed by atoms with Crippen LogP contribution in [0.4, 0.5) is 0 Å². The van der Waals surface area contributed by atoms with Gasteiger partial charge in [0.25, 0.3) is 0 Å². The highest BCUT2D eigenvalue weighted by Crippen LogP contribution is 2.39. The zero-order chi connectivity index (χ0) is 24.5. The minimum atomic E-state index is 0.410. The SMILES string of the molecule is COc1ccc(C)c(Oc2ccc(-c3cnc4c(-c5nn[nH]n5)cnn4c3C3CCCCC3)cc2)c1. The van der Waals surface area contributed by atoms with Crippen molar-refractivity contribution in [1.82, 2.24) is 35.2 Å². The number of hydrogen-bond acceptors (Lipinski definition) is 7. The molecule has 2 aromatic carbocycles. The summed E-state index contributed by atoms with van der Waals surface area (Å²) in [4.78, 5) is 4.78. The lowest BCUT2D eigenvalue weighted by atomic mass is 9.84. The monoisotopic (exact) mass is 481 g/mol. The maximum absolute atomic E-state index is 6.17. The number of tetrazole rings is 1. The molecule has 0 spiro atoms. The number of aromatic nitrogens is 7. The van der Waals surface area contributed by atoms with E-state index < -0.39 is 0 Å². The molecule has 1 fully saturated rings. The van der Waals surface area contributed by atoms with Crippen LogP contribution in [0, 0.1) is 6.92 Å². The van der Waals surface area contributed by atoms with Crippen molar-refractivity contribution in [3.05, 3.63) is 66.1 Å². The van der Waals surface area contributed by atoms with Gasteiger partial charge in [0.1, 0.15) is 17.2 Å². The number of methoxy groups -OCH3 is 1. The number of nitrogens with zero attached hydrogens (tertiary/aromatic N) is 6. The Kier molecular flexibility index (Phi) is 5.80. The van der Waals surface area contributed by atoms with E-state index in [4.69, 9.17) is 19.6 Å². The second-order valence-electron chi connectivity index (χ2n) is 9.18. The van der Waals surface area contributed by atoms with Gasteiger partial charge in [0.15, 0.2) is 5.65 Å². The summed E-state index contributed by atoms with van der Waals surface area (Å²) in [5.74, 6) is 3.21. The lowest BCUT2D eigenvalue weighted by molar-refractivity contribution is 0.408. The zero-order valence-electron chi connectivity index (χ0n) is 20.3. The van der Waals surface area contributed by atoms with E-state index in [9.17, 15) is 0 Å². The third-order valence-electron chi connectivity index (χ3n) is 6.93. The molecule has 0 atom stereocenters. The number of aryl methyl sites for hydroxylation is 1. The van der Waals surface area contributed by atoms with E-state index >= 15 is 0 Å². The van der Waals surface area contributed by atoms with Crippen LogP contribution in [0.3, 0.4) is 0 Å². The Morgan fingerprint density at radius 3 is 2.50 bits per heavy atom. The van der Waals surface area contributed by atoms with Gasteiger partial charge in [-0.3, -0.25) is 0 Å². The summed E-state index contributed by atoms with van der Waals surface area (Å²) >= 11 is 0. The molecule has 36 heavy (non-hydrogen) atoms. The number of H-pyrrole nitrogens is 1. The lowest BCUT2D eigenvalue weighted by Crippen LogP contribution is -2.12. The summed E-state index contributed by atoms with van der Waals surface area (Å²) < 4.78 is 13.5. The highest BCUT2D eigenvalue weighted by atomic mass is 16.5. The van der Waals surface area contributed by atoms with E-state index in [2.05, 4.69) is 32.8 Å². The van der Waals surface area contributed by atoms with Crippen LogP contribution in [0.15, 0.2) is 54.9 Å². The molecular weight excluding hydrogens is 454 g/mol. The molecule has 1 saturated carbocycles. The number of hydrogen-bond donors (Lipinski definition) is 1. The molecule has 6 rings (SSSR count). The molecule has 9 heteroatoms. The maximum atomic E-state index is 6.17. The van der Waals surface area contributed by atoms with Gasteiger partial charge in [-0.05, 0) is 54.3 Å². The number of ether oxygens (including phenoxy) is 2. The van der Waals surface area contributed by atoms with Crippen LogP contribution in [0.2, 0.25) is 0 Å². The quantitative estimate of drug-likeness (QED) is 0.330. The number of benzene rings is 2. The van der Waals surface area contributed by atoms with Gasteiger partial charge in [-0.25, -0.2) is 9.50 Å². The smallest absolute Gasteiger partial charge is 0.210 e. The van der Waals surface area contributed by atoms with Crippen LogP contribution >= 0.6 is 0 Å². The summed E-state index contributed by atoms with van der Waals surface area (Å²) in [5, 5.41) is 19.2. The largest absolute Gasteiger partial charge is 0.497 e. The number of nitrogens with one attached hydrogen (secondary N) is 1. The van der Waals surface area contributed by atoms with Gasteiger partial charge < -0.3 is 9.47 Å². The fourth-order valence-corrected chi connectivity index (χ4v) is 5.02. The molecule has 0 radical (unpaired) electrons. The standard InChI is InChI=1S/C27H27N7O2/c1-17-8-11-21(35-2)14-24(17)36-20-12-9-18(10-13-20)22-15-28-27-23(26-30-32-33-31-26)16-29-34(27)25(22)19-6-4-3-5-7-19/h8-16,19H,3-7H2,1-2H3,(H,30,31,32,33). The van der Waals surface area contributed by atoms with Gasteiger partial charge >= 0.3 is 0 Å². The molecule has 9 nitrogen and oxygen atoms in total. The zero-order valence-corrected chi connectivity index (χ0v) is 20.3. The van der Waals surface area contributed by atoms with E-state index in [1.165, 1.54) is 25.0 Å². The minimum Gasteiger partial charge on any atom is -0.497 e. The van der Waals surface area contributed by atoms with Gasteiger partial charge in [0, 0.05) is 23.7 Å². The van der Waals surface area contributed by atoms with Gasteiger partial charge in [0.2, 0.25) is 5.82 Å². The van der Waals surface area contributed by atoms with Crippen molar-refractivity contribution in [3.8, 4) is 39.8 Å². The molecule has 5 aromatic rings. The molecule has 182 valence electrons. The second-order valence-corrected chi connectivity index (χ2v) is 9.18. The third kappa shape index (κ3) is 4.06. The van der Waals surface area contributed by atoms with E-state index in [0.717, 1.165) is 58.0 Å². The average molecular weight is 482 g/mol. The molecule has 0 aliphatic heterocycles. The number of rotatable bonds is 6. The number of aromatic amines is 1. The first-order valence-electron chi connectivity index (χ1n) is 12.2. The number of fused-ring (bicyclic) bond motifs is 1. The molecule has 0 amide bonds. The van der Waals surface area contributed by atoms with Crippen molar-refractivity contribution in [2.75, 3.05) is 7.11 Å². The Bertz CT molecular complexity index is 1490. The van der Waals surface area contributed by atoms with Crippen molar-refractivity contribution in [3.63, 3.8) is 0 Å². The van der Waals surface area contributed by atoms with Gasteiger partial charge in [-0.15, -0.1) is 10.2 Å². The maximum Gasteiger partial charge on any atom is 0.210 e. The fourth-order valence-electron chi connectivity index (χ4n) is 5.02. The van der Waals surface area contributed by atoms with Crippen molar-refractivity contribution in [2.24, 2.45) is 0 Å². The molecule has 3 aromatic heterocycles. The molecule has 0 saturated heterocycles. The van der Waals surface area contributed by atoms with Gasteiger partial charge in [-0.2, -0.15) is 10.3 Å². The first-order valence-corrected chi connectivity index (χ1v) is 12.2. The van der Waals surface area contributed by atoms with Crippen molar-refractivity contribution in [1.29, 1.82) is 0 Å². The summed E-state index contributed by atoms with van der Waals surface area (Å²) in [6, 6.07) is 14.0. The van der Waals surface area contributed by atoms with Crippen LogP contribution in [0.1, 0.15) is 49.3 Å². The highest BCUT2D eigenvalue weighted by Gasteiger charge is 2.25. The van der Waals surface area contributed by atoms with E-state index in [0.29, 0.717) is 11.7 Å². The van der Waals surface area contributed by atoms with Crippen LogP contribution in [0.25, 0.3) is 28.2 Å². The summed E-state index contributed by atoms with van der Waals surface area (Å²) in [7, 11) is 1.66.